The number of ether oxygens (including phenoxy) is 1. The fraction of sp³-hybridized carbons (Fsp3) is 0.231. The van der Waals surface area contributed by atoms with Gasteiger partial charge in [-0.2, -0.15) is 5.10 Å². The van der Waals surface area contributed by atoms with Crippen molar-refractivity contribution in [3.8, 4) is 11.1 Å². The van der Waals surface area contributed by atoms with Crippen LogP contribution in [0.4, 0.5) is 5.69 Å². The Morgan fingerprint density at radius 1 is 1.50 bits per heavy atom. The van der Waals surface area contributed by atoms with Gasteiger partial charge in [0.25, 0.3) is 5.69 Å². The van der Waals surface area contributed by atoms with Crippen LogP contribution >= 0.6 is 0 Å². The molecule has 0 atom stereocenters. The number of methoxy groups -OCH3 is 1. The average Bonchev–Trinajstić information content (AvgIpc) is 2.94. The number of aromatic nitrogens is 2. The molecule has 2 aromatic rings. The predicted octanol–water partition coefficient (Wildman–Crippen LogP) is 2.26. The zero-order chi connectivity index (χ0) is 14.7. The summed E-state index contributed by atoms with van der Waals surface area (Å²) in [5, 5.41) is 15.2. The number of nitrogens with zero attached hydrogens (tertiary/aromatic N) is 3. The number of esters is 1. The van der Waals surface area contributed by atoms with Crippen LogP contribution in [0.1, 0.15) is 17.3 Å². The highest BCUT2D eigenvalue weighted by molar-refractivity contribution is 5.91. The van der Waals surface area contributed by atoms with Crippen molar-refractivity contribution < 1.29 is 14.5 Å². The lowest BCUT2D eigenvalue weighted by atomic mass is 10.0. The number of hydrogen-bond acceptors (Lipinski definition) is 5. The van der Waals surface area contributed by atoms with Crippen LogP contribution in [0.5, 0.6) is 0 Å². The number of benzene rings is 1. The number of rotatable bonds is 4. The normalized spacial score (nSPS) is 10.3. The van der Waals surface area contributed by atoms with Gasteiger partial charge < -0.3 is 4.74 Å². The minimum absolute atomic E-state index is 0.144. The Morgan fingerprint density at radius 3 is 2.80 bits per heavy atom. The molecule has 2 rings (SSSR count). The van der Waals surface area contributed by atoms with Crippen LogP contribution in [-0.2, 0) is 11.3 Å². The molecule has 0 amide bonds. The van der Waals surface area contributed by atoms with Crippen LogP contribution in [0.25, 0.3) is 11.1 Å². The van der Waals surface area contributed by atoms with Gasteiger partial charge in [0, 0.05) is 24.4 Å². The second kappa shape index (κ2) is 5.52. The van der Waals surface area contributed by atoms with E-state index in [1.807, 2.05) is 6.92 Å². The molecule has 0 saturated carbocycles. The Kier molecular flexibility index (Phi) is 3.79. The number of carbonyl (C=O) groups is 1. The summed E-state index contributed by atoms with van der Waals surface area (Å²) < 4.78 is 6.23. The fourth-order valence-electron chi connectivity index (χ4n) is 1.85. The van der Waals surface area contributed by atoms with E-state index < -0.39 is 10.9 Å². The van der Waals surface area contributed by atoms with E-state index in [0.717, 1.165) is 0 Å². The first-order valence-electron chi connectivity index (χ1n) is 5.96. The Morgan fingerprint density at radius 2 is 2.25 bits per heavy atom. The molecule has 0 spiro atoms. The van der Waals surface area contributed by atoms with Gasteiger partial charge in [-0.15, -0.1) is 0 Å². The van der Waals surface area contributed by atoms with Crippen molar-refractivity contribution in [3.05, 3.63) is 46.3 Å². The summed E-state index contributed by atoms with van der Waals surface area (Å²) in [5.41, 5.74) is 1.05. The number of nitro benzene ring substituents is 1. The van der Waals surface area contributed by atoms with Gasteiger partial charge in [-0.25, -0.2) is 4.79 Å². The Balaban J connectivity index is 2.52. The second-order valence-corrected chi connectivity index (χ2v) is 4.07. The molecule has 20 heavy (non-hydrogen) atoms. The van der Waals surface area contributed by atoms with Crippen molar-refractivity contribution in [2.24, 2.45) is 0 Å². The molecule has 0 saturated heterocycles. The summed E-state index contributed by atoms with van der Waals surface area (Å²) in [6.07, 6.45) is 3.28. The van der Waals surface area contributed by atoms with Crippen molar-refractivity contribution in [2.45, 2.75) is 13.5 Å². The van der Waals surface area contributed by atoms with Gasteiger partial charge in [-0.3, -0.25) is 14.8 Å². The number of carbonyl (C=O) groups excluding carboxylic acids is 1. The molecular weight excluding hydrogens is 262 g/mol. The molecule has 1 aromatic carbocycles. The molecule has 1 heterocycles. The molecule has 0 radical (unpaired) electrons. The lowest BCUT2D eigenvalue weighted by Gasteiger charge is -2.03. The minimum atomic E-state index is -0.607. The first-order valence-corrected chi connectivity index (χ1v) is 5.96. The van der Waals surface area contributed by atoms with E-state index in [9.17, 15) is 14.9 Å². The summed E-state index contributed by atoms with van der Waals surface area (Å²) in [6.45, 7) is 2.60. The van der Waals surface area contributed by atoms with E-state index in [0.29, 0.717) is 17.7 Å². The van der Waals surface area contributed by atoms with Crippen LogP contribution < -0.4 is 0 Å². The Hall–Kier alpha value is -2.70. The molecule has 0 fully saturated rings. The summed E-state index contributed by atoms with van der Waals surface area (Å²) in [6, 6.07) is 4.24. The minimum Gasteiger partial charge on any atom is -0.465 e. The van der Waals surface area contributed by atoms with Crippen molar-refractivity contribution in [1.29, 1.82) is 0 Å². The van der Waals surface area contributed by atoms with Crippen LogP contribution in [0, 0.1) is 10.1 Å². The molecule has 7 heteroatoms. The van der Waals surface area contributed by atoms with E-state index in [-0.39, 0.29) is 11.3 Å². The van der Waals surface area contributed by atoms with E-state index >= 15 is 0 Å². The molecule has 7 nitrogen and oxygen atoms in total. The molecule has 0 aliphatic heterocycles. The van der Waals surface area contributed by atoms with E-state index in [1.165, 1.54) is 25.3 Å². The van der Waals surface area contributed by atoms with Crippen LogP contribution in [-0.4, -0.2) is 27.8 Å². The molecule has 0 bridgehead atoms. The van der Waals surface area contributed by atoms with Crippen LogP contribution in [0.3, 0.4) is 0 Å². The maximum Gasteiger partial charge on any atom is 0.338 e. The molecule has 1 aromatic heterocycles. The second-order valence-electron chi connectivity index (χ2n) is 4.07. The molecule has 0 N–H and O–H groups in total. The lowest BCUT2D eigenvalue weighted by Crippen LogP contribution is -2.02. The van der Waals surface area contributed by atoms with Gasteiger partial charge in [0.1, 0.15) is 0 Å². The number of hydrogen-bond donors (Lipinski definition) is 0. The maximum atomic E-state index is 11.4. The van der Waals surface area contributed by atoms with E-state index in [4.69, 9.17) is 0 Å². The highest BCUT2D eigenvalue weighted by Crippen LogP contribution is 2.30. The Bertz CT molecular complexity index is 663. The van der Waals surface area contributed by atoms with Gasteiger partial charge >= 0.3 is 5.97 Å². The predicted molar refractivity (Wildman–Crippen MR) is 71.3 cm³/mol. The highest BCUT2D eigenvalue weighted by atomic mass is 16.6. The summed E-state index contributed by atoms with van der Waals surface area (Å²) in [4.78, 5) is 22.1. The molecule has 0 unspecified atom stereocenters. The van der Waals surface area contributed by atoms with Gasteiger partial charge in [0.2, 0.25) is 0 Å². The maximum absolute atomic E-state index is 11.4. The fourth-order valence-corrected chi connectivity index (χ4v) is 1.85. The first-order chi connectivity index (χ1) is 9.56. The first kappa shape index (κ1) is 13.7. The third-order valence-corrected chi connectivity index (χ3v) is 2.88. The third-order valence-electron chi connectivity index (χ3n) is 2.88. The highest BCUT2D eigenvalue weighted by Gasteiger charge is 2.19. The van der Waals surface area contributed by atoms with Crippen molar-refractivity contribution in [2.75, 3.05) is 7.11 Å². The molecular formula is C13H13N3O4. The molecule has 0 aliphatic rings. The lowest BCUT2D eigenvalue weighted by molar-refractivity contribution is -0.384. The standard InChI is InChI=1S/C13H13N3O4/c1-3-15-8-10(7-14-15)11-5-4-9(13(17)20-2)6-12(11)16(18)19/h4-8H,3H2,1-2H3. The average molecular weight is 275 g/mol. The zero-order valence-corrected chi connectivity index (χ0v) is 11.1. The van der Waals surface area contributed by atoms with Crippen LogP contribution in [0.2, 0.25) is 0 Å². The monoisotopic (exact) mass is 275 g/mol. The van der Waals surface area contributed by atoms with E-state index in [2.05, 4.69) is 9.84 Å². The van der Waals surface area contributed by atoms with Crippen LogP contribution in [0.15, 0.2) is 30.6 Å². The quantitative estimate of drug-likeness (QED) is 0.485. The smallest absolute Gasteiger partial charge is 0.338 e. The zero-order valence-electron chi connectivity index (χ0n) is 11.1. The van der Waals surface area contributed by atoms with Gasteiger partial charge in [-0.1, -0.05) is 0 Å². The van der Waals surface area contributed by atoms with Crippen molar-refractivity contribution >= 4 is 11.7 Å². The summed E-state index contributed by atoms with van der Waals surface area (Å²) >= 11 is 0. The summed E-state index contributed by atoms with van der Waals surface area (Å²) in [5.74, 6) is -0.607. The number of nitro groups is 1. The van der Waals surface area contributed by atoms with Gasteiger partial charge in [0.15, 0.2) is 0 Å². The van der Waals surface area contributed by atoms with Gasteiger partial charge in [-0.05, 0) is 19.1 Å². The molecule has 104 valence electrons. The van der Waals surface area contributed by atoms with Crippen molar-refractivity contribution in [3.63, 3.8) is 0 Å². The van der Waals surface area contributed by atoms with E-state index in [1.54, 1.807) is 17.1 Å². The largest absolute Gasteiger partial charge is 0.465 e. The Labute approximate surface area is 114 Å². The molecule has 0 aliphatic carbocycles. The number of aryl methyl sites for hydroxylation is 1. The van der Waals surface area contributed by atoms with Crippen molar-refractivity contribution in [1.82, 2.24) is 9.78 Å². The van der Waals surface area contributed by atoms with Gasteiger partial charge in [0.05, 0.1) is 29.4 Å². The SMILES string of the molecule is CCn1cc(-c2ccc(C(=O)OC)cc2[N+](=O)[O-])cn1. The third kappa shape index (κ3) is 2.51. The topological polar surface area (TPSA) is 87.3 Å². The summed E-state index contributed by atoms with van der Waals surface area (Å²) in [7, 11) is 1.23.